The first-order valence-corrected chi connectivity index (χ1v) is 6.89. The molecule has 21 heavy (non-hydrogen) atoms. The molecule has 1 amide bonds. The predicted molar refractivity (Wildman–Crippen MR) is 76.6 cm³/mol. The highest BCUT2D eigenvalue weighted by molar-refractivity contribution is 6.08. The second-order valence-corrected chi connectivity index (χ2v) is 5.38. The van der Waals surface area contributed by atoms with Crippen molar-refractivity contribution in [2.24, 2.45) is 0 Å². The first-order chi connectivity index (χ1) is 10.2. The summed E-state index contributed by atoms with van der Waals surface area (Å²) >= 11 is 0. The van der Waals surface area contributed by atoms with Gasteiger partial charge in [-0.25, -0.2) is 0 Å². The van der Waals surface area contributed by atoms with Gasteiger partial charge in [-0.2, -0.15) is 0 Å². The van der Waals surface area contributed by atoms with Crippen LogP contribution in [-0.2, 0) is 19.9 Å². The number of benzene rings is 2. The molecule has 4 rings (SSSR count). The number of para-hydroxylation sites is 1. The number of carbonyl (C=O) groups is 2. The number of hydrogen-bond donors (Lipinski definition) is 1. The molecule has 1 spiro atoms. The summed E-state index contributed by atoms with van der Waals surface area (Å²) in [4.78, 5) is 24.5. The average molecular weight is 279 g/mol. The van der Waals surface area contributed by atoms with Crippen LogP contribution < -0.4 is 5.32 Å². The molecule has 0 bridgehead atoms. The van der Waals surface area contributed by atoms with Crippen LogP contribution in [0.15, 0.2) is 54.6 Å². The number of nitrogens with one attached hydrogen (secondary N) is 1. The van der Waals surface area contributed by atoms with E-state index in [1.54, 1.807) is 0 Å². The van der Waals surface area contributed by atoms with E-state index in [1.807, 2.05) is 54.6 Å². The van der Waals surface area contributed by atoms with Crippen LogP contribution in [0.3, 0.4) is 0 Å². The third kappa shape index (κ3) is 1.56. The maximum atomic E-state index is 12.6. The van der Waals surface area contributed by atoms with Crippen molar-refractivity contribution in [1.29, 1.82) is 0 Å². The quantitative estimate of drug-likeness (QED) is 0.816. The maximum Gasteiger partial charge on any atom is 0.308 e. The van der Waals surface area contributed by atoms with E-state index >= 15 is 0 Å². The zero-order chi connectivity index (χ0) is 14.4. The van der Waals surface area contributed by atoms with Crippen molar-refractivity contribution in [3.8, 4) is 0 Å². The fourth-order valence-corrected chi connectivity index (χ4v) is 3.34. The van der Waals surface area contributed by atoms with Crippen molar-refractivity contribution in [3.63, 3.8) is 0 Å². The number of rotatable bonds is 1. The zero-order valence-electron chi connectivity index (χ0n) is 11.2. The minimum Gasteiger partial charge on any atom is -0.443 e. The first-order valence-electron chi connectivity index (χ1n) is 6.89. The molecule has 0 unspecified atom stereocenters. The standard InChI is InChI=1S/C17H13NO3/c19-15-10-13(11-6-2-1-3-7-11)17(21-15)12-8-4-5-9-14(12)18-16(17)20/h1-9,13H,10H2,(H,18,20)/t13-,17-/m0/s1. The third-order valence-corrected chi connectivity index (χ3v) is 4.25. The Balaban J connectivity index is 1.93. The highest BCUT2D eigenvalue weighted by Crippen LogP contribution is 2.53. The second-order valence-electron chi connectivity index (χ2n) is 5.38. The molecular weight excluding hydrogens is 266 g/mol. The summed E-state index contributed by atoms with van der Waals surface area (Å²) in [5, 5.41) is 2.83. The van der Waals surface area contributed by atoms with Crippen LogP contribution >= 0.6 is 0 Å². The predicted octanol–water partition coefficient (Wildman–Crippen LogP) is 2.56. The molecule has 1 N–H and O–H groups in total. The van der Waals surface area contributed by atoms with E-state index in [2.05, 4.69) is 5.32 Å². The summed E-state index contributed by atoms with van der Waals surface area (Å²) in [5.41, 5.74) is 1.18. The van der Waals surface area contributed by atoms with E-state index in [0.717, 1.165) is 16.8 Å². The van der Waals surface area contributed by atoms with Crippen LogP contribution in [0, 0.1) is 0 Å². The SMILES string of the molecule is O=C1C[C@@H](c2ccccc2)[C@]2(O1)C(=O)Nc1ccccc12. The summed E-state index contributed by atoms with van der Waals surface area (Å²) in [7, 11) is 0. The number of anilines is 1. The number of ether oxygens (including phenoxy) is 1. The summed E-state index contributed by atoms with van der Waals surface area (Å²) in [5.74, 6) is -0.894. The summed E-state index contributed by atoms with van der Waals surface area (Å²) < 4.78 is 5.56. The van der Waals surface area contributed by atoms with Gasteiger partial charge in [-0.05, 0) is 11.6 Å². The lowest BCUT2D eigenvalue weighted by molar-refractivity contribution is -0.156. The van der Waals surface area contributed by atoms with Crippen molar-refractivity contribution < 1.29 is 14.3 Å². The molecule has 1 saturated heterocycles. The van der Waals surface area contributed by atoms with Crippen LogP contribution in [0.2, 0.25) is 0 Å². The van der Waals surface area contributed by atoms with E-state index in [4.69, 9.17) is 4.74 Å². The maximum absolute atomic E-state index is 12.6. The minimum atomic E-state index is -1.23. The number of hydrogen-bond acceptors (Lipinski definition) is 3. The Bertz CT molecular complexity index is 741. The van der Waals surface area contributed by atoms with Gasteiger partial charge in [0.05, 0.1) is 6.42 Å². The monoisotopic (exact) mass is 279 g/mol. The molecule has 2 aromatic carbocycles. The highest BCUT2D eigenvalue weighted by Gasteiger charge is 2.60. The molecule has 2 aromatic rings. The molecule has 2 aliphatic rings. The van der Waals surface area contributed by atoms with E-state index in [9.17, 15) is 9.59 Å². The van der Waals surface area contributed by atoms with Gasteiger partial charge in [0.2, 0.25) is 5.60 Å². The van der Waals surface area contributed by atoms with Gasteiger partial charge in [-0.15, -0.1) is 0 Å². The van der Waals surface area contributed by atoms with Gasteiger partial charge in [-0.1, -0.05) is 48.5 Å². The molecule has 1 fully saturated rings. The lowest BCUT2D eigenvalue weighted by atomic mass is 9.78. The molecule has 2 atom stereocenters. The van der Waals surface area contributed by atoms with E-state index in [1.165, 1.54) is 0 Å². The molecule has 2 heterocycles. The van der Waals surface area contributed by atoms with Gasteiger partial charge in [0.1, 0.15) is 0 Å². The van der Waals surface area contributed by atoms with Crippen LogP contribution in [0.5, 0.6) is 0 Å². The van der Waals surface area contributed by atoms with Crippen LogP contribution in [-0.4, -0.2) is 11.9 Å². The Morgan fingerprint density at radius 3 is 2.52 bits per heavy atom. The van der Waals surface area contributed by atoms with Gasteiger partial charge in [0, 0.05) is 17.2 Å². The van der Waals surface area contributed by atoms with Gasteiger partial charge in [-0.3, -0.25) is 9.59 Å². The van der Waals surface area contributed by atoms with E-state index in [-0.39, 0.29) is 24.2 Å². The Hall–Kier alpha value is -2.62. The number of amides is 1. The third-order valence-electron chi connectivity index (χ3n) is 4.25. The normalized spacial score (nSPS) is 26.6. The van der Waals surface area contributed by atoms with Crippen molar-refractivity contribution in [2.75, 3.05) is 5.32 Å². The van der Waals surface area contributed by atoms with Crippen LogP contribution in [0.1, 0.15) is 23.5 Å². The summed E-state index contributed by atoms with van der Waals surface area (Å²) in [6, 6.07) is 17.0. The molecule has 0 aliphatic carbocycles. The van der Waals surface area contributed by atoms with Gasteiger partial charge in [0.25, 0.3) is 5.91 Å². The minimum absolute atomic E-state index is 0.214. The Kier molecular flexibility index (Phi) is 2.42. The van der Waals surface area contributed by atoms with Crippen LogP contribution in [0.25, 0.3) is 0 Å². The lowest BCUT2D eigenvalue weighted by Crippen LogP contribution is -2.38. The molecule has 4 nitrogen and oxygen atoms in total. The largest absolute Gasteiger partial charge is 0.443 e. The van der Waals surface area contributed by atoms with Crippen molar-refractivity contribution in [2.45, 2.75) is 17.9 Å². The van der Waals surface area contributed by atoms with E-state index in [0.29, 0.717) is 0 Å². The number of esters is 1. The molecule has 2 aliphatic heterocycles. The Morgan fingerprint density at radius 2 is 1.71 bits per heavy atom. The fraction of sp³-hybridized carbons (Fsp3) is 0.176. The summed E-state index contributed by atoms with van der Waals surface area (Å²) in [6.07, 6.45) is 0.214. The second kappa shape index (κ2) is 4.19. The molecule has 0 radical (unpaired) electrons. The van der Waals surface area contributed by atoms with Crippen molar-refractivity contribution in [3.05, 3.63) is 65.7 Å². The molecule has 0 aromatic heterocycles. The molecule has 104 valence electrons. The topological polar surface area (TPSA) is 55.4 Å². The molecule has 4 heteroatoms. The average Bonchev–Trinajstić information content (AvgIpc) is 3.00. The summed E-state index contributed by atoms with van der Waals surface area (Å²) in [6.45, 7) is 0. The number of fused-ring (bicyclic) bond motifs is 2. The van der Waals surface area contributed by atoms with Gasteiger partial charge >= 0.3 is 5.97 Å². The van der Waals surface area contributed by atoms with Crippen molar-refractivity contribution in [1.82, 2.24) is 0 Å². The van der Waals surface area contributed by atoms with Crippen molar-refractivity contribution >= 4 is 17.6 Å². The molecular formula is C17H13NO3. The first kappa shape index (κ1) is 12.1. The molecule has 0 saturated carbocycles. The van der Waals surface area contributed by atoms with E-state index < -0.39 is 5.60 Å². The fourth-order valence-electron chi connectivity index (χ4n) is 3.34. The number of carbonyl (C=O) groups excluding carboxylic acids is 2. The Labute approximate surface area is 121 Å². The Morgan fingerprint density at radius 1 is 1.00 bits per heavy atom. The lowest BCUT2D eigenvalue weighted by Gasteiger charge is -2.27. The van der Waals surface area contributed by atoms with Gasteiger partial charge in [0.15, 0.2) is 0 Å². The van der Waals surface area contributed by atoms with Gasteiger partial charge < -0.3 is 10.1 Å². The van der Waals surface area contributed by atoms with Crippen LogP contribution in [0.4, 0.5) is 5.69 Å². The zero-order valence-corrected chi connectivity index (χ0v) is 11.2. The smallest absolute Gasteiger partial charge is 0.308 e. The highest BCUT2D eigenvalue weighted by atomic mass is 16.6.